The largest absolute Gasteiger partial charge is 0.493 e. The second-order valence-electron chi connectivity index (χ2n) is 3.91. The van der Waals surface area contributed by atoms with Gasteiger partial charge in [0.15, 0.2) is 11.5 Å². The fourth-order valence-corrected chi connectivity index (χ4v) is 2.03. The molecule has 0 aromatic heterocycles. The summed E-state index contributed by atoms with van der Waals surface area (Å²) in [5.74, 6) is 0.354. The topological polar surface area (TPSA) is 55.8 Å². The Hall–Kier alpha value is -1.42. The van der Waals surface area contributed by atoms with Gasteiger partial charge in [-0.25, -0.2) is 0 Å². The molecule has 0 saturated heterocycles. The summed E-state index contributed by atoms with van der Waals surface area (Å²) in [6, 6.07) is 3.69. The van der Waals surface area contributed by atoms with Crippen molar-refractivity contribution in [3.8, 4) is 11.5 Å². The molecule has 18 heavy (non-hydrogen) atoms. The van der Waals surface area contributed by atoms with Gasteiger partial charge >= 0.3 is 5.97 Å². The lowest BCUT2D eigenvalue weighted by Crippen LogP contribution is -1.96. The van der Waals surface area contributed by atoms with Crippen molar-refractivity contribution in [2.75, 3.05) is 14.2 Å². The third kappa shape index (κ3) is 4.11. The number of hydrogen-bond acceptors (Lipinski definition) is 3. The summed E-state index contributed by atoms with van der Waals surface area (Å²) < 4.78 is 10.3. The van der Waals surface area contributed by atoms with E-state index >= 15 is 0 Å². The molecule has 0 fully saturated rings. The molecule has 5 heteroatoms. The van der Waals surface area contributed by atoms with E-state index < -0.39 is 5.97 Å². The number of methoxy groups -OCH3 is 2. The van der Waals surface area contributed by atoms with Crippen LogP contribution in [-0.2, 0) is 11.2 Å². The van der Waals surface area contributed by atoms with Gasteiger partial charge in [0.2, 0.25) is 0 Å². The van der Waals surface area contributed by atoms with Gasteiger partial charge in [-0.1, -0.05) is 11.6 Å². The van der Waals surface area contributed by atoms with Crippen molar-refractivity contribution in [3.05, 3.63) is 22.7 Å². The number of halogens is 1. The second kappa shape index (κ2) is 7.11. The molecule has 0 saturated carbocycles. The molecule has 0 spiro atoms. The average molecular weight is 273 g/mol. The van der Waals surface area contributed by atoms with Crippen molar-refractivity contribution in [2.24, 2.45) is 0 Å². The summed E-state index contributed by atoms with van der Waals surface area (Å²) >= 11 is 6.08. The van der Waals surface area contributed by atoms with Crippen LogP contribution in [0, 0.1) is 0 Å². The Morgan fingerprint density at radius 1 is 1.28 bits per heavy atom. The summed E-state index contributed by atoms with van der Waals surface area (Å²) in [5.41, 5.74) is 1.02. The molecule has 0 atom stereocenters. The Morgan fingerprint density at radius 2 is 2.00 bits per heavy atom. The molecule has 0 aliphatic heterocycles. The van der Waals surface area contributed by atoms with E-state index in [2.05, 4.69) is 0 Å². The predicted molar refractivity (Wildman–Crippen MR) is 69.7 cm³/mol. The highest BCUT2D eigenvalue weighted by molar-refractivity contribution is 6.32. The lowest BCUT2D eigenvalue weighted by molar-refractivity contribution is -0.137. The second-order valence-corrected chi connectivity index (χ2v) is 4.32. The summed E-state index contributed by atoms with van der Waals surface area (Å²) in [5, 5.41) is 9.05. The van der Waals surface area contributed by atoms with Crippen molar-refractivity contribution >= 4 is 17.6 Å². The monoisotopic (exact) mass is 272 g/mol. The minimum atomic E-state index is -0.764. The SMILES string of the molecule is COc1cc(CCCCC(=O)O)cc(Cl)c1OC. The summed E-state index contributed by atoms with van der Waals surface area (Å²) in [7, 11) is 3.10. The highest BCUT2D eigenvalue weighted by Crippen LogP contribution is 2.36. The van der Waals surface area contributed by atoms with Crippen LogP contribution in [0.3, 0.4) is 0 Å². The molecule has 0 bridgehead atoms. The Labute approximate surface area is 111 Å². The van der Waals surface area contributed by atoms with E-state index in [1.54, 1.807) is 7.11 Å². The number of ether oxygens (including phenoxy) is 2. The number of rotatable bonds is 7. The molecule has 0 unspecified atom stereocenters. The first-order valence-electron chi connectivity index (χ1n) is 5.70. The van der Waals surface area contributed by atoms with Crippen molar-refractivity contribution < 1.29 is 19.4 Å². The van der Waals surface area contributed by atoms with Crippen LogP contribution in [0.25, 0.3) is 0 Å². The summed E-state index contributed by atoms with van der Waals surface area (Å²) in [6.07, 6.45) is 2.42. The van der Waals surface area contributed by atoms with E-state index in [1.807, 2.05) is 12.1 Å². The Morgan fingerprint density at radius 3 is 2.56 bits per heavy atom. The molecule has 1 rings (SSSR count). The Bertz CT molecular complexity index is 418. The van der Waals surface area contributed by atoms with Crippen molar-refractivity contribution in [2.45, 2.75) is 25.7 Å². The molecule has 1 aromatic carbocycles. The molecule has 1 N–H and O–H groups in total. The van der Waals surface area contributed by atoms with Crippen molar-refractivity contribution in [1.29, 1.82) is 0 Å². The molecular weight excluding hydrogens is 256 g/mol. The maximum atomic E-state index is 10.4. The predicted octanol–water partition coefficient (Wildman–Crippen LogP) is 3.15. The molecule has 0 amide bonds. The lowest BCUT2D eigenvalue weighted by atomic mass is 10.1. The van der Waals surface area contributed by atoms with Crippen LogP contribution in [0.4, 0.5) is 0 Å². The third-order valence-electron chi connectivity index (χ3n) is 2.60. The number of carboxylic acid groups (broad SMARTS) is 1. The van der Waals surface area contributed by atoms with Gasteiger partial charge in [0, 0.05) is 6.42 Å². The van der Waals surface area contributed by atoms with E-state index in [1.165, 1.54) is 7.11 Å². The standard InChI is InChI=1S/C13H17ClO4/c1-17-11-8-9(5-3-4-6-12(15)16)7-10(14)13(11)18-2/h7-8H,3-6H2,1-2H3,(H,15,16). The van der Waals surface area contributed by atoms with E-state index in [0.29, 0.717) is 22.9 Å². The molecule has 0 aliphatic rings. The number of unbranched alkanes of at least 4 members (excludes halogenated alkanes) is 1. The molecule has 0 aliphatic carbocycles. The lowest BCUT2D eigenvalue weighted by Gasteiger charge is -2.11. The molecule has 0 heterocycles. The van der Waals surface area contributed by atoms with Crippen molar-refractivity contribution in [1.82, 2.24) is 0 Å². The number of hydrogen-bond donors (Lipinski definition) is 1. The van der Waals surface area contributed by atoms with Gasteiger partial charge in [-0.05, 0) is 37.0 Å². The molecule has 4 nitrogen and oxygen atoms in total. The Kier molecular flexibility index (Phi) is 5.78. The average Bonchev–Trinajstić information content (AvgIpc) is 2.33. The van der Waals surface area contributed by atoms with Gasteiger partial charge in [0.1, 0.15) is 0 Å². The zero-order valence-corrected chi connectivity index (χ0v) is 11.3. The van der Waals surface area contributed by atoms with E-state index in [-0.39, 0.29) is 6.42 Å². The highest BCUT2D eigenvalue weighted by Gasteiger charge is 2.10. The molecular formula is C13H17ClO4. The highest BCUT2D eigenvalue weighted by atomic mass is 35.5. The number of carbonyl (C=O) groups is 1. The first-order chi connectivity index (χ1) is 8.58. The molecule has 1 aromatic rings. The summed E-state index contributed by atoms with van der Waals surface area (Å²) in [4.78, 5) is 10.4. The van der Waals surface area contributed by atoms with Crippen LogP contribution >= 0.6 is 11.6 Å². The van der Waals surface area contributed by atoms with Crippen LogP contribution in [0.15, 0.2) is 12.1 Å². The van der Waals surface area contributed by atoms with Crippen molar-refractivity contribution in [3.63, 3.8) is 0 Å². The van der Waals surface area contributed by atoms with Gasteiger partial charge < -0.3 is 14.6 Å². The molecule has 100 valence electrons. The van der Waals surface area contributed by atoms with Crippen LogP contribution in [-0.4, -0.2) is 25.3 Å². The van der Waals surface area contributed by atoms with Gasteiger partial charge in [-0.3, -0.25) is 4.79 Å². The first kappa shape index (κ1) is 14.6. The van der Waals surface area contributed by atoms with E-state index in [0.717, 1.165) is 18.4 Å². The molecule has 0 radical (unpaired) electrons. The van der Waals surface area contributed by atoms with Gasteiger partial charge in [0.25, 0.3) is 0 Å². The van der Waals surface area contributed by atoms with E-state index in [9.17, 15) is 4.79 Å². The zero-order chi connectivity index (χ0) is 13.5. The minimum absolute atomic E-state index is 0.195. The van der Waals surface area contributed by atoms with Gasteiger partial charge in [0.05, 0.1) is 19.2 Å². The van der Waals surface area contributed by atoms with Gasteiger partial charge in [-0.2, -0.15) is 0 Å². The van der Waals surface area contributed by atoms with E-state index in [4.69, 9.17) is 26.2 Å². The van der Waals surface area contributed by atoms with Crippen LogP contribution < -0.4 is 9.47 Å². The third-order valence-corrected chi connectivity index (χ3v) is 2.88. The number of benzene rings is 1. The number of carboxylic acids is 1. The normalized spacial score (nSPS) is 10.2. The minimum Gasteiger partial charge on any atom is -0.493 e. The van der Waals surface area contributed by atoms with Crippen LogP contribution in [0.1, 0.15) is 24.8 Å². The number of aliphatic carboxylic acids is 1. The maximum absolute atomic E-state index is 10.4. The quantitative estimate of drug-likeness (QED) is 0.775. The van der Waals surface area contributed by atoms with Crippen LogP contribution in [0.5, 0.6) is 11.5 Å². The Balaban J connectivity index is 2.67. The summed E-state index contributed by atoms with van der Waals surface area (Å²) in [6.45, 7) is 0. The zero-order valence-electron chi connectivity index (χ0n) is 10.5. The fraction of sp³-hybridized carbons (Fsp3) is 0.462. The number of aryl methyl sites for hydroxylation is 1. The first-order valence-corrected chi connectivity index (χ1v) is 6.08. The maximum Gasteiger partial charge on any atom is 0.303 e. The van der Waals surface area contributed by atoms with Crippen LogP contribution in [0.2, 0.25) is 5.02 Å². The fourth-order valence-electron chi connectivity index (χ4n) is 1.72. The van der Waals surface area contributed by atoms with Gasteiger partial charge in [-0.15, -0.1) is 0 Å². The smallest absolute Gasteiger partial charge is 0.303 e.